The van der Waals surface area contributed by atoms with E-state index < -0.39 is 5.44 Å². The molecule has 0 bridgehead atoms. The number of thioether (sulfide) groups is 1. The number of rotatable bonds is 2. The zero-order valence-electron chi connectivity index (χ0n) is 7.30. The molecule has 1 aromatic rings. The molecule has 5 heteroatoms. The molecular formula is C9H9F2NOS. The molecule has 0 amide bonds. The number of hydrogen-bond acceptors (Lipinski definition) is 3. The van der Waals surface area contributed by atoms with Gasteiger partial charge in [0.25, 0.3) is 0 Å². The number of nitrogens with two attached hydrogens (primary N) is 1. The molecule has 0 atom stereocenters. The molecule has 14 heavy (non-hydrogen) atoms. The fourth-order valence-corrected chi connectivity index (χ4v) is 2.04. The lowest BCUT2D eigenvalue weighted by molar-refractivity contribution is -0.0822. The van der Waals surface area contributed by atoms with Gasteiger partial charge in [-0.15, -0.1) is 0 Å². The quantitative estimate of drug-likeness (QED) is 0.825. The maximum absolute atomic E-state index is 12.8. The second kappa shape index (κ2) is 3.40. The number of halogens is 2. The number of fused-ring (bicyclic) bond motifs is 1. The first-order valence-electron chi connectivity index (χ1n) is 4.19. The minimum Gasteiger partial charge on any atom is -0.423 e. The van der Waals surface area contributed by atoms with Crippen LogP contribution < -0.4 is 10.5 Å². The van der Waals surface area contributed by atoms with Crippen LogP contribution in [0.5, 0.6) is 5.75 Å². The van der Waals surface area contributed by atoms with Gasteiger partial charge in [-0.25, -0.2) is 0 Å². The van der Waals surface area contributed by atoms with Crippen molar-refractivity contribution in [1.82, 2.24) is 0 Å². The molecular weight excluding hydrogens is 208 g/mol. The van der Waals surface area contributed by atoms with Crippen LogP contribution >= 0.6 is 11.8 Å². The summed E-state index contributed by atoms with van der Waals surface area (Å²) in [5.74, 6) is 0.256. The first-order chi connectivity index (χ1) is 6.61. The molecule has 0 unspecified atom stereocenters. The Balaban J connectivity index is 2.26. The minimum atomic E-state index is -3.12. The van der Waals surface area contributed by atoms with E-state index in [1.54, 1.807) is 18.2 Å². The van der Waals surface area contributed by atoms with Gasteiger partial charge in [0.1, 0.15) is 5.75 Å². The Bertz CT molecular complexity index is 357. The van der Waals surface area contributed by atoms with Gasteiger partial charge in [0, 0.05) is 0 Å². The van der Waals surface area contributed by atoms with E-state index in [0.29, 0.717) is 29.6 Å². The summed E-state index contributed by atoms with van der Waals surface area (Å²) in [4.78, 5) is 0.482. The van der Waals surface area contributed by atoms with Crippen molar-refractivity contribution in [3.63, 3.8) is 0 Å². The Morgan fingerprint density at radius 1 is 1.43 bits per heavy atom. The zero-order valence-corrected chi connectivity index (χ0v) is 8.11. The van der Waals surface area contributed by atoms with Gasteiger partial charge >= 0.3 is 5.44 Å². The van der Waals surface area contributed by atoms with Crippen LogP contribution in [-0.2, 0) is 6.42 Å². The molecule has 0 spiro atoms. The van der Waals surface area contributed by atoms with Crippen LogP contribution in [0.1, 0.15) is 5.56 Å². The van der Waals surface area contributed by atoms with E-state index in [1.807, 2.05) is 0 Å². The van der Waals surface area contributed by atoms with Gasteiger partial charge < -0.3 is 10.5 Å². The van der Waals surface area contributed by atoms with Gasteiger partial charge in [-0.05, 0) is 42.4 Å². The Morgan fingerprint density at radius 2 is 2.21 bits per heavy atom. The fourth-order valence-electron chi connectivity index (χ4n) is 1.32. The van der Waals surface area contributed by atoms with Gasteiger partial charge in [0.05, 0.1) is 4.90 Å². The van der Waals surface area contributed by atoms with Crippen molar-refractivity contribution < 1.29 is 13.5 Å². The molecule has 0 saturated heterocycles. The Morgan fingerprint density at radius 3 is 2.93 bits per heavy atom. The zero-order chi connectivity index (χ0) is 10.2. The summed E-state index contributed by atoms with van der Waals surface area (Å²) in [6.45, 7) is 0.502. The lowest BCUT2D eigenvalue weighted by Gasteiger charge is -2.05. The van der Waals surface area contributed by atoms with E-state index in [9.17, 15) is 8.78 Å². The average molecular weight is 217 g/mol. The molecule has 1 heterocycles. The Labute approximate surface area is 84.4 Å². The molecule has 2 rings (SSSR count). The Hall–Kier alpha value is -0.810. The van der Waals surface area contributed by atoms with Gasteiger partial charge in [0.15, 0.2) is 0 Å². The summed E-state index contributed by atoms with van der Waals surface area (Å²) in [5.41, 5.74) is 3.16. The highest BCUT2D eigenvalue weighted by Crippen LogP contribution is 2.49. The van der Waals surface area contributed by atoms with Crippen LogP contribution in [0.25, 0.3) is 0 Å². The Kier molecular flexibility index (Phi) is 2.36. The molecule has 0 radical (unpaired) electrons. The van der Waals surface area contributed by atoms with Gasteiger partial charge in [-0.2, -0.15) is 8.78 Å². The van der Waals surface area contributed by atoms with Crippen LogP contribution in [0.2, 0.25) is 0 Å². The topological polar surface area (TPSA) is 35.2 Å². The van der Waals surface area contributed by atoms with Crippen molar-refractivity contribution in [3.05, 3.63) is 23.8 Å². The first-order valence-corrected chi connectivity index (χ1v) is 5.01. The van der Waals surface area contributed by atoms with Crippen LogP contribution in [0, 0.1) is 0 Å². The highest BCUT2D eigenvalue weighted by atomic mass is 32.2. The molecule has 0 aliphatic carbocycles. The third-order valence-corrected chi connectivity index (χ3v) is 2.78. The summed E-state index contributed by atoms with van der Waals surface area (Å²) in [6, 6.07) is 5.06. The summed E-state index contributed by atoms with van der Waals surface area (Å²) >= 11 is 0.433. The smallest absolute Gasteiger partial charge is 0.423 e. The molecule has 1 aliphatic heterocycles. The first kappa shape index (κ1) is 9.73. The lowest BCUT2D eigenvalue weighted by Crippen LogP contribution is -2.13. The maximum atomic E-state index is 12.8. The molecule has 0 saturated carbocycles. The van der Waals surface area contributed by atoms with Crippen LogP contribution in [0.4, 0.5) is 8.78 Å². The monoisotopic (exact) mass is 217 g/mol. The largest absolute Gasteiger partial charge is 0.457 e. The number of hydrogen-bond donors (Lipinski definition) is 1. The van der Waals surface area contributed by atoms with Crippen molar-refractivity contribution in [1.29, 1.82) is 0 Å². The van der Waals surface area contributed by atoms with Crippen LogP contribution in [0.3, 0.4) is 0 Å². The van der Waals surface area contributed by atoms with Gasteiger partial charge in [-0.1, -0.05) is 6.07 Å². The van der Waals surface area contributed by atoms with Crippen molar-refractivity contribution in [3.8, 4) is 5.75 Å². The van der Waals surface area contributed by atoms with Crippen molar-refractivity contribution in [2.75, 3.05) is 6.54 Å². The summed E-state index contributed by atoms with van der Waals surface area (Å²) in [5, 5.41) is 0. The fraction of sp³-hybridized carbons (Fsp3) is 0.333. The van der Waals surface area contributed by atoms with E-state index >= 15 is 0 Å². The second-order valence-electron chi connectivity index (χ2n) is 2.99. The van der Waals surface area contributed by atoms with E-state index in [2.05, 4.69) is 4.74 Å². The molecule has 0 aromatic heterocycles. The summed E-state index contributed by atoms with van der Waals surface area (Å²) in [7, 11) is 0. The lowest BCUT2D eigenvalue weighted by atomic mass is 10.1. The average Bonchev–Trinajstić information content (AvgIpc) is 2.38. The molecule has 0 fully saturated rings. The molecule has 1 aliphatic rings. The standard InChI is InChI=1S/C9H9F2NOS/c10-9(11)13-7-5-6(3-4-12)1-2-8(7)14-9/h1-2,5H,3-4,12H2. The van der Waals surface area contributed by atoms with E-state index in [4.69, 9.17) is 5.73 Å². The van der Waals surface area contributed by atoms with Crippen molar-refractivity contribution >= 4 is 11.8 Å². The number of benzene rings is 1. The molecule has 1 aromatic carbocycles. The van der Waals surface area contributed by atoms with Gasteiger partial charge in [0.2, 0.25) is 0 Å². The van der Waals surface area contributed by atoms with Gasteiger partial charge in [-0.3, -0.25) is 0 Å². The minimum absolute atomic E-state index is 0.256. The van der Waals surface area contributed by atoms with E-state index in [-0.39, 0.29) is 5.75 Å². The number of ether oxygens (including phenoxy) is 1. The normalized spacial score (nSPS) is 17.6. The summed E-state index contributed by atoms with van der Waals surface area (Å²) in [6.07, 6.45) is 0.673. The van der Waals surface area contributed by atoms with Crippen molar-refractivity contribution in [2.24, 2.45) is 5.73 Å². The molecule has 76 valence electrons. The molecule has 2 N–H and O–H groups in total. The van der Waals surface area contributed by atoms with E-state index in [1.165, 1.54) is 0 Å². The predicted octanol–water partition coefficient (Wildman–Crippen LogP) is 2.22. The van der Waals surface area contributed by atoms with Crippen molar-refractivity contribution in [2.45, 2.75) is 16.8 Å². The molecule has 2 nitrogen and oxygen atoms in total. The third kappa shape index (κ3) is 1.83. The van der Waals surface area contributed by atoms with Crippen LogP contribution in [0.15, 0.2) is 23.1 Å². The van der Waals surface area contributed by atoms with Crippen LogP contribution in [-0.4, -0.2) is 12.0 Å². The summed E-state index contributed by atoms with van der Waals surface area (Å²) < 4.78 is 30.0. The SMILES string of the molecule is NCCc1ccc2c(c1)OC(F)(F)S2. The predicted molar refractivity (Wildman–Crippen MR) is 50.6 cm³/mol. The van der Waals surface area contributed by atoms with E-state index in [0.717, 1.165) is 5.56 Å². The maximum Gasteiger partial charge on any atom is 0.457 e. The third-order valence-electron chi connectivity index (χ3n) is 1.90. The second-order valence-corrected chi connectivity index (χ2v) is 4.11. The highest BCUT2D eigenvalue weighted by molar-refractivity contribution is 8.00. The highest BCUT2D eigenvalue weighted by Gasteiger charge is 2.41. The number of alkyl halides is 2.